The van der Waals surface area contributed by atoms with Crippen LogP contribution in [-0.2, 0) is 12.1 Å². The summed E-state index contributed by atoms with van der Waals surface area (Å²) < 4.78 is 7.28. The Morgan fingerprint density at radius 2 is 2.00 bits per heavy atom. The molecule has 1 aromatic heterocycles. The van der Waals surface area contributed by atoms with E-state index in [1.807, 2.05) is 29.1 Å². The fourth-order valence-electron chi connectivity index (χ4n) is 2.10. The molecule has 0 fully saturated rings. The van der Waals surface area contributed by atoms with Gasteiger partial charge in [-0.2, -0.15) is 0 Å². The van der Waals surface area contributed by atoms with Crippen LogP contribution in [0.5, 0.6) is 5.75 Å². The van der Waals surface area contributed by atoms with Crippen LogP contribution in [0, 0.1) is 0 Å². The van der Waals surface area contributed by atoms with Gasteiger partial charge in [-0.05, 0) is 33.8 Å². The summed E-state index contributed by atoms with van der Waals surface area (Å²) in [6, 6.07) is 8.22. The average Bonchev–Trinajstić information content (AvgIpc) is 2.93. The van der Waals surface area contributed by atoms with Crippen molar-refractivity contribution in [2.45, 2.75) is 45.8 Å². The fourth-order valence-corrected chi connectivity index (χ4v) is 2.10. The molecular weight excluding hydrogens is 264 g/mol. The van der Waals surface area contributed by atoms with Crippen molar-refractivity contribution < 1.29 is 4.74 Å². The number of benzene rings is 1. The second-order valence-corrected chi connectivity index (χ2v) is 6.17. The van der Waals surface area contributed by atoms with E-state index in [1.165, 1.54) is 0 Å². The number of methoxy groups -OCH3 is 1. The summed E-state index contributed by atoms with van der Waals surface area (Å²) in [5.74, 6) is 0.899. The SMILES string of the molecule is COc1ccccc1[C@@H](C)NCc1cn(C(C)(C)C)nn1. The van der Waals surface area contributed by atoms with Gasteiger partial charge in [0.1, 0.15) is 5.75 Å². The van der Waals surface area contributed by atoms with Gasteiger partial charge in [-0.1, -0.05) is 23.4 Å². The molecular formula is C16H24N4O. The van der Waals surface area contributed by atoms with Crippen molar-refractivity contribution in [3.63, 3.8) is 0 Å². The molecule has 5 nitrogen and oxygen atoms in total. The number of nitrogens with one attached hydrogen (secondary N) is 1. The van der Waals surface area contributed by atoms with Gasteiger partial charge in [0.05, 0.1) is 24.5 Å². The Balaban J connectivity index is 2.01. The summed E-state index contributed by atoms with van der Waals surface area (Å²) in [6.45, 7) is 9.12. The summed E-state index contributed by atoms with van der Waals surface area (Å²) in [5.41, 5.74) is 2.04. The largest absolute Gasteiger partial charge is 0.496 e. The van der Waals surface area contributed by atoms with Gasteiger partial charge < -0.3 is 10.1 Å². The third-order valence-corrected chi connectivity index (χ3v) is 3.42. The molecule has 1 atom stereocenters. The lowest BCUT2D eigenvalue weighted by Crippen LogP contribution is -2.22. The second kappa shape index (κ2) is 6.26. The van der Waals surface area contributed by atoms with Crippen LogP contribution in [-0.4, -0.2) is 22.1 Å². The molecule has 0 bridgehead atoms. The standard InChI is InChI=1S/C16H24N4O/c1-12(14-8-6-7-9-15(14)21-5)17-10-13-11-20(19-18-13)16(2,3)4/h6-9,11-12,17H,10H2,1-5H3/t12-/m1/s1. The Bertz CT molecular complexity index is 586. The van der Waals surface area contributed by atoms with Crippen molar-refractivity contribution in [1.29, 1.82) is 0 Å². The average molecular weight is 288 g/mol. The number of aromatic nitrogens is 3. The molecule has 0 saturated heterocycles. The first-order valence-corrected chi connectivity index (χ1v) is 7.20. The van der Waals surface area contributed by atoms with Gasteiger partial charge >= 0.3 is 0 Å². The first kappa shape index (κ1) is 15.5. The third-order valence-electron chi connectivity index (χ3n) is 3.42. The van der Waals surface area contributed by atoms with Crippen molar-refractivity contribution >= 4 is 0 Å². The number of hydrogen-bond donors (Lipinski definition) is 1. The molecule has 1 aromatic carbocycles. The maximum absolute atomic E-state index is 5.40. The summed E-state index contributed by atoms with van der Waals surface area (Å²) in [5, 5.41) is 11.8. The van der Waals surface area contributed by atoms with Crippen LogP contribution in [0.1, 0.15) is 45.0 Å². The van der Waals surface area contributed by atoms with Crippen LogP contribution < -0.4 is 10.1 Å². The van der Waals surface area contributed by atoms with Gasteiger partial charge in [-0.15, -0.1) is 5.10 Å². The van der Waals surface area contributed by atoms with E-state index in [9.17, 15) is 0 Å². The minimum Gasteiger partial charge on any atom is -0.496 e. The number of rotatable bonds is 5. The Morgan fingerprint density at radius 3 is 2.62 bits per heavy atom. The molecule has 114 valence electrons. The minimum atomic E-state index is -0.0421. The molecule has 0 amide bonds. The van der Waals surface area contributed by atoms with Crippen LogP contribution in [0.3, 0.4) is 0 Å². The lowest BCUT2D eigenvalue weighted by Gasteiger charge is -2.18. The lowest BCUT2D eigenvalue weighted by molar-refractivity contribution is 0.347. The van der Waals surface area contributed by atoms with Gasteiger partial charge in [0.2, 0.25) is 0 Å². The zero-order chi connectivity index (χ0) is 15.5. The highest BCUT2D eigenvalue weighted by Crippen LogP contribution is 2.24. The highest BCUT2D eigenvalue weighted by atomic mass is 16.5. The van der Waals surface area contributed by atoms with Gasteiger partial charge in [0.25, 0.3) is 0 Å². The van der Waals surface area contributed by atoms with Crippen LogP contribution in [0.4, 0.5) is 0 Å². The maximum Gasteiger partial charge on any atom is 0.123 e. The number of hydrogen-bond acceptors (Lipinski definition) is 4. The predicted molar refractivity (Wildman–Crippen MR) is 83.3 cm³/mol. The molecule has 2 rings (SSSR count). The predicted octanol–water partition coefficient (Wildman–Crippen LogP) is 2.89. The van der Waals surface area contributed by atoms with E-state index in [4.69, 9.17) is 4.74 Å². The van der Waals surface area contributed by atoms with E-state index < -0.39 is 0 Å². The van der Waals surface area contributed by atoms with E-state index in [0.29, 0.717) is 6.54 Å². The van der Waals surface area contributed by atoms with E-state index in [1.54, 1.807) is 7.11 Å². The molecule has 0 aliphatic heterocycles. The van der Waals surface area contributed by atoms with E-state index in [0.717, 1.165) is 17.0 Å². The van der Waals surface area contributed by atoms with Gasteiger partial charge in [-0.3, -0.25) is 0 Å². The van der Waals surface area contributed by atoms with Crippen molar-refractivity contribution in [1.82, 2.24) is 20.3 Å². The molecule has 0 aliphatic carbocycles. The molecule has 21 heavy (non-hydrogen) atoms. The number of ether oxygens (including phenoxy) is 1. The first-order valence-electron chi connectivity index (χ1n) is 7.20. The highest BCUT2D eigenvalue weighted by Gasteiger charge is 2.16. The minimum absolute atomic E-state index is 0.0421. The van der Waals surface area contributed by atoms with Gasteiger partial charge in [0.15, 0.2) is 0 Å². The smallest absolute Gasteiger partial charge is 0.123 e. The van der Waals surface area contributed by atoms with Crippen LogP contribution >= 0.6 is 0 Å². The summed E-state index contributed by atoms with van der Waals surface area (Å²) >= 11 is 0. The van der Waals surface area contributed by atoms with Crippen LogP contribution in [0.25, 0.3) is 0 Å². The molecule has 0 aliphatic rings. The van der Waals surface area contributed by atoms with Crippen molar-refractivity contribution in [3.8, 4) is 5.75 Å². The Kier molecular flexibility index (Phi) is 4.63. The normalized spacial score (nSPS) is 13.2. The highest BCUT2D eigenvalue weighted by molar-refractivity contribution is 5.35. The van der Waals surface area contributed by atoms with E-state index in [-0.39, 0.29) is 11.6 Å². The van der Waals surface area contributed by atoms with Crippen molar-refractivity contribution in [3.05, 3.63) is 41.7 Å². The van der Waals surface area contributed by atoms with Gasteiger partial charge in [0, 0.05) is 18.2 Å². The molecule has 0 saturated carbocycles. The third kappa shape index (κ3) is 3.82. The maximum atomic E-state index is 5.40. The first-order chi connectivity index (χ1) is 9.91. The molecule has 1 heterocycles. The van der Waals surface area contributed by atoms with Crippen LogP contribution in [0.2, 0.25) is 0 Å². The Morgan fingerprint density at radius 1 is 1.29 bits per heavy atom. The topological polar surface area (TPSA) is 52.0 Å². The second-order valence-electron chi connectivity index (χ2n) is 6.17. The Hall–Kier alpha value is -1.88. The molecule has 0 radical (unpaired) electrons. The van der Waals surface area contributed by atoms with Crippen molar-refractivity contribution in [2.24, 2.45) is 0 Å². The lowest BCUT2D eigenvalue weighted by atomic mass is 10.1. The quantitative estimate of drug-likeness (QED) is 0.919. The summed E-state index contributed by atoms with van der Waals surface area (Å²) in [4.78, 5) is 0. The zero-order valence-corrected chi connectivity index (χ0v) is 13.4. The Labute approximate surface area is 126 Å². The molecule has 1 N–H and O–H groups in total. The molecule has 0 unspecified atom stereocenters. The number of para-hydroxylation sites is 1. The van der Waals surface area contributed by atoms with Crippen LogP contribution in [0.15, 0.2) is 30.5 Å². The summed E-state index contributed by atoms with van der Waals surface area (Å²) in [7, 11) is 1.69. The zero-order valence-electron chi connectivity index (χ0n) is 13.4. The van der Waals surface area contributed by atoms with Crippen molar-refractivity contribution in [2.75, 3.05) is 7.11 Å². The molecule has 0 spiro atoms. The summed E-state index contributed by atoms with van der Waals surface area (Å²) in [6.07, 6.45) is 1.99. The fraction of sp³-hybridized carbons (Fsp3) is 0.500. The van der Waals surface area contributed by atoms with Gasteiger partial charge in [-0.25, -0.2) is 4.68 Å². The molecule has 5 heteroatoms. The molecule has 2 aromatic rings. The number of nitrogens with zero attached hydrogens (tertiary/aromatic N) is 3. The van der Waals surface area contributed by atoms with E-state index >= 15 is 0 Å². The monoisotopic (exact) mass is 288 g/mol. The van der Waals surface area contributed by atoms with E-state index in [2.05, 4.69) is 49.4 Å².